The van der Waals surface area contributed by atoms with Crippen molar-refractivity contribution in [2.45, 2.75) is 24.3 Å². The summed E-state index contributed by atoms with van der Waals surface area (Å²) in [4.78, 5) is 0.343. The van der Waals surface area contributed by atoms with Crippen LogP contribution in [0.25, 0.3) is 0 Å². The lowest BCUT2D eigenvalue weighted by molar-refractivity contribution is 0.173. The Morgan fingerprint density at radius 3 is 2.47 bits per heavy atom. The molecule has 0 aromatic heterocycles. The van der Waals surface area contributed by atoms with Gasteiger partial charge in [-0.3, -0.25) is 0 Å². The van der Waals surface area contributed by atoms with Crippen LogP contribution in [-0.4, -0.2) is 40.5 Å². The summed E-state index contributed by atoms with van der Waals surface area (Å²) >= 11 is 3.29. The average molecular weight is 350 g/mol. The van der Waals surface area contributed by atoms with Gasteiger partial charge in [-0.2, -0.15) is 0 Å². The van der Waals surface area contributed by atoms with Gasteiger partial charge in [0.05, 0.1) is 17.3 Å². The van der Waals surface area contributed by atoms with E-state index in [9.17, 15) is 8.42 Å². The van der Waals surface area contributed by atoms with E-state index in [4.69, 9.17) is 4.74 Å². The summed E-state index contributed by atoms with van der Waals surface area (Å²) in [6, 6.07) is 6.51. The maximum absolute atomic E-state index is 12.3. The number of nitrogens with one attached hydrogen (secondary N) is 1. The van der Waals surface area contributed by atoms with E-state index in [-0.39, 0.29) is 11.8 Å². The van der Waals surface area contributed by atoms with E-state index in [1.165, 1.54) is 0 Å². The number of hydrogen-bond donors (Lipinski definition) is 1. The van der Waals surface area contributed by atoms with Gasteiger partial charge in [0.2, 0.25) is 0 Å². The third-order valence-electron chi connectivity index (χ3n) is 2.64. The Hall–Kier alpha value is -0.430. The van der Waals surface area contributed by atoms with E-state index in [1.807, 2.05) is 6.92 Å². The fourth-order valence-electron chi connectivity index (χ4n) is 1.72. The second kappa shape index (κ2) is 7.99. The maximum atomic E-state index is 12.3. The molecule has 0 radical (unpaired) electrons. The van der Waals surface area contributed by atoms with Crippen LogP contribution in [0.2, 0.25) is 0 Å². The molecule has 19 heavy (non-hydrogen) atoms. The molecule has 0 heterocycles. The Labute approximate surface area is 123 Å². The Bertz CT molecular complexity index is 473. The number of hydrogen-bond acceptors (Lipinski definition) is 4. The van der Waals surface area contributed by atoms with Crippen molar-refractivity contribution >= 4 is 25.8 Å². The van der Waals surface area contributed by atoms with E-state index >= 15 is 0 Å². The standard InChI is InChI=1S/C13H20BrNO3S/c1-3-8-15-12(9-18-2)10-19(16,17)13-6-4-11(14)5-7-13/h4-7,12,15H,3,8-10H2,1-2H3. The van der Waals surface area contributed by atoms with Crippen LogP contribution in [0.5, 0.6) is 0 Å². The molecular formula is C13H20BrNO3S. The van der Waals surface area contributed by atoms with Crippen LogP contribution < -0.4 is 5.32 Å². The van der Waals surface area contributed by atoms with Crippen molar-refractivity contribution in [1.29, 1.82) is 0 Å². The summed E-state index contributed by atoms with van der Waals surface area (Å²) in [5, 5.41) is 3.19. The zero-order chi connectivity index (χ0) is 14.3. The van der Waals surface area contributed by atoms with Crippen LogP contribution in [0.3, 0.4) is 0 Å². The molecule has 0 saturated carbocycles. The van der Waals surface area contributed by atoms with Gasteiger partial charge in [-0.15, -0.1) is 0 Å². The van der Waals surface area contributed by atoms with Gasteiger partial charge in [0.25, 0.3) is 0 Å². The Morgan fingerprint density at radius 2 is 1.95 bits per heavy atom. The third-order valence-corrected chi connectivity index (χ3v) is 5.00. The van der Waals surface area contributed by atoms with Gasteiger partial charge in [0.1, 0.15) is 0 Å². The second-order valence-corrected chi connectivity index (χ2v) is 7.29. The molecule has 108 valence electrons. The molecule has 4 nitrogen and oxygen atoms in total. The van der Waals surface area contributed by atoms with Crippen LogP contribution in [0.15, 0.2) is 33.6 Å². The summed E-state index contributed by atoms with van der Waals surface area (Å²) in [7, 11) is -1.72. The molecule has 0 bridgehead atoms. The molecule has 1 aromatic rings. The maximum Gasteiger partial charge on any atom is 0.179 e. The highest BCUT2D eigenvalue weighted by Crippen LogP contribution is 2.16. The zero-order valence-corrected chi connectivity index (χ0v) is 13.6. The summed E-state index contributed by atoms with van der Waals surface area (Å²) < 4.78 is 30.5. The zero-order valence-electron chi connectivity index (χ0n) is 11.2. The van der Waals surface area contributed by atoms with Crippen LogP contribution >= 0.6 is 15.9 Å². The third kappa shape index (κ3) is 5.60. The minimum atomic E-state index is -3.29. The SMILES string of the molecule is CCCNC(COC)CS(=O)(=O)c1ccc(Br)cc1. The highest BCUT2D eigenvalue weighted by Gasteiger charge is 2.20. The van der Waals surface area contributed by atoms with E-state index < -0.39 is 9.84 Å². The van der Waals surface area contributed by atoms with Crippen LogP contribution in [-0.2, 0) is 14.6 Å². The fraction of sp³-hybridized carbons (Fsp3) is 0.538. The molecule has 0 spiro atoms. The minimum Gasteiger partial charge on any atom is -0.383 e. The number of rotatable bonds is 8. The first-order chi connectivity index (χ1) is 8.99. The van der Waals surface area contributed by atoms with Gasteiger partial charge in [0, 0.05) is 17.6 Å². The average Bonchev–Trinajstić information content (AvgIpc) is 2.36. The van der Waals surface area contributed by atoms with E-state index in [0.717, 1.165) is 17.4 Å². The van der Waals surface area contributed by atoms with Crippen molar-refractivity contribution in [1.82, 2.24) is 5.32 Å². The van der Waals surface area contributed by atoms with Gasteiger partial charge in [-0.25, -0.2) is 8.42 Å². The minimum absolute atomic E-state index is 0.0441. The largest absolute Gasteiger partial charge is 0.383 e. The summed E-state index contributed by atoms with van der Waals surface area (Å²) in [6.45, 7) is 3.21. The van der Waals surface area contributed by atoms with E-state index in [1.54, 1.807) is 31.4 Å². The molecule has 0 amide bonds. The van der Waals surface area contributed by atoms with Crippen molar-refractivity contribution in [2.75, 3.05) is 26.0 Å². The predicted molar refractivity (Wildman–Crippen MR) is 80.2 cm³/mol. The molecule has 0 aliphatic carbocycles. The quantitative estimate of drug-likeness (QED) is 0.781. The topological polar surface area (TPSA) is 55.4 Å². The van der Waals surface area contributed by atoms with Gasteiger partial charge < -0.3 is 10.1 Å². The summed E-state index contributed by atoms with van der Waals surface area (Å²) in [5.74, 6) is 0.0441. The molecule has 1 atom stereocenters. The van der Waals surface area contributed by atoms with Gasteiger partial charge in [-0.1, -0.05) is 22.9 Å². The second-order valence-electron chi connectivity index (χ2n) is 4.34. The first-order valence-electron chi connectivity index (χ1n) is 6.20. The first kappa shape index (κ1) is 16.6. The Morgan fingerprint density at radius 1 is 1.32 bits per heavy atom. The smallest absolute Gasteiger partial charge is 0.179 e. The number of halogens is 1. The molecule has 0 saturated heterocycles. The van der Waals surface area contributed by atoms with Crippen LogP contribution in [0, 0.1) is 0 Å². The number of ether oxygens (including phenoxy) is 1. The Balaban J connectivity index is 2.78. The number of methoxy groups -OCH3 is 1. The molecule has 0 aliphatic rings. The fourth-order valence-corrected chi connectivity index (χ4v) is 3.47. The van der Waals surface area contributed by atoms with Gasteiger partial charge in [0.15, 0.2) is 9.84 Å². The Kier molecular flexibility index (Phi) is 6.99. The van der Waals surface area contributed by atoms with Crippen LogP contribution in [0.4, 0.5) is 0 Å². The lowest BCUT2D eigenvalue weighted by Gasteiger charge is -2.17. The molecule has 0 fully saturated rings. The van der Waals surface area contributed by atoms with Crippen molar-refractivity contribution in [3.63, 3.8) is 0 Å². The van der Waals surface area contributed by atoms with Crippen molar-refractivity contribution in [3.05, 3.63) is 28.7 Å². The molecule has 0 aliphatic heterocycles. The molecule has 1 N–H and O–H groups in total. The van der Waals surface area contributed by atoms with Gasteiger partial charge >= 0.3 is 0 Å². The van der Waals surface area contributed by atoms with Crippen molar-refractivity contribution in [3.8, 4) is 0 Å². The van der Waals surface area contributed by atoms with Crippen LogP contribution in [0.1, 0.15) is 13.3 Å². The molecular weight excluding hydrogens is 330 g/mol. The number of sulfone groups is 1. The monoisotopic (exact) mass is 349 g/mol. The lowest BCUT2D eigenvalue weighted by atomic mass is 10.3. The summed E-state index contributed by atoms with van der Waals surface area (Å²) in [5.41, 5.74) is 0. The summed E-state index contributed by atoms with van der Waals surface area (Å²) in [6.07, 6.45) is 0.957. The highest BCUT2D eigenvalue weighted by atomic mass is 79.9. The molecule has 6 heteroatoms. The van der Waals surface area contributed by atoms with Gasteiger partial charge in [-0.05, 0) is 37.2 Å². The highest BCUT2D eigenvalue weighted by molar-refractivity contribution is 9.10. The van der Waals surface area contributed by atoms with E-state index in [0.29, 0.717) is 11.5 Å². The van der Waals surface area contributed by atoms with Crippen molar-refractivity contribution in [2.24, 2.45) is 0 Å². The lowest BCUT2D eigenvalue weighted by Crippen LogP contribution is -2.39. The normalized spacial score (nSPS) is 13.4. The molecule has 1 unspecified atom stereocenters. The molecule has 1 rings (SSSR count). The molecule has 1 aromatic carbocycles. The number of benzene rings is 1. The predicted octanol–water partition coefficient (Wildman–Crippen LogP) is 2.24. The first-order valence-corrected chi connectivity index (χ1v) is 8.64. The van der Waals surface area contributed by atoms with Crippen molar-refractivity contribution < 1.29 is 13.2 Å². The van der Waals surface area contributed by atoms with E-state index in [2.05, 4.69) is 21.2 Å².